The molecule has 1 aliphatic heterocycles. The van der Waals surface area contributed by atoms with Crippen molar-refractivity contribution in [3.8, 4) is 0 Å². The summed E-state index contributed by atoms with van der Waals surface area (Å²) in [6.07, 6.45) is 4.71. The second-order valence-electron chi connectivity index (χ2n) is 5.26. The van der Waals surface area contributed by atoms with Crippen LogP contribution in [0.2, 0.25) is 0 Å². The summed E-state index contributed by atoms with van der Waals surface area (Å²) in [5.41, 5.74) is 5.86. The van der Waals surface area contributed by atoms with E-state index in [4.69, 9.17) is 0 Å². The van der Waals surface area contributed by atoms with Crippen LogP contribution in [0.5, 0.6) is 0 Å². The number of rotatable bonds is 4. The lowest BCUT2D eigenvalue weighted by Crippen LogP contribution is -2.25. The third kappa shape index (κ3) is 4.00. The highest BCUT2D eigenvalue weighted by Gasteiger charge is 2.13. The van der Waals surface area contributed by atoms with E-state index in [-0.39, 0.29) is 18.2 Å². The smallest absolute Gasteiger partial charge is 0.240 e. The number of carbonyl (C=O) groups is 2. The van der Waals surface area contributed by atoms with Gasteiger partial charge in [-0.25, -0.2) is 5.43 Å². The SMILES string of the molecule is O=C1CCC(c2ccc(NC(=O)Cc3cccnc3)cc2)=NN1. The Morgan fingerprint density at radius 3 is 2.65 bits per heavy atom. The van der Waals surface area contributed by atoms with Crippen LogP contribution in [0.1, 0.15) is 24.0 Å². The van der Waals surface area contributed by atoms with E-state index < -0.39 is 0 Å². The van der Waals surface area contributed by atoms with Crippen LogP contribution in [0.3, 0.4) is 0 Å². The second kappa shape index (κ2) is 6.83. The maximum atomic E-state index is 12.0. The Balaban J connectivity index is 1.61. The zero-order chi connectivity index (χ0) is 16.1. The molecule has 3 rings (SSSR count). The van der Waals surface area contributed by atoms with Crippen molar-refractivity contribution in [1.82, 2.24) is 10.4 Å². The van der Waals surface area contributed by atoms with E-state index in [2.05, 4.69) is 20.8 Å². The minimum Gasteiger partial charge on any atom is -0.326 e. The van der Waals surface area contributed by atoms with Crippen LogP contribution in [0.25, 0.3) is 0 Å². The molecule has 6 nitrogen and oxygen atoms in total. The number of hydrogen-bond acceptors (Lipinski definition) is 4. The molecule has 2 amide bonds. The van der Waals surface area contributed by atoms with Crippen LogP contribution in [-0.2, 0) is 16.0 Å². The van der Waals surface area contributed by atoms with E-state index >= 15 is 0 Å². The summed E-state index contributed by atoms with van der Waals surface area (Å²) in [4.78, 5) is 27.1. The fraction of sp³-hybridized carbons (Fsp3) is 0.176. The van der Waals surface area contributed by atoms with Crippen LogP contribution < -0.4 is 10.7 Å². The topological polar surface area (TPSA) is 83.5 Å². The van der Waals surface area contributed by atoms with Gasteiger partial charge in [-0.3, -0.25) is 14.6 Å². The third-order valence-corrected chi connectivity index (χ3v) is 3.49. The number of nitrogens with zero attached hydrogens (tertiary/aromatic N) is 2. The van der Waals surface area contributed by atoms with Crippen molar-refractivity contribution in [3.05, 3.63) is 59.9 Å². The minimum absolute atomic E-state index is 0.0620. The lowest BCUT2D eigenvalue weighted by molar-refractivity contribution is -0.121. The highest BCUT2D eigenvalue weighted by molar-refractivity contribution is 6.04. The van der Waals surface area contributed by atoms with E-state index in [9.17, 15) is 9.59 Å². The molecule has 0 aliphatic carbocycles. The van der Waals surface area contributed by atoms with Gasteiger partial charge in [0, 0.05) is 30.9 Å². The van der Waals surface area contributed by atoms with Gasteiger partial charge in [-0.15, -0.1) is 0 Å². The number of anilines is 1. The number of carbonyl (C=O) groups excluding carboxylic acids is 2. The Hall–Kier alpha value is -3.02. The predicted octanol–water partition coefficient (Wildman–Crippen LogP) is 1.88. The van der Waals surface area contributed by atoms with Crippen molar-refractivity contribution < 1.29 is 9.59 Å². The van der Waals surface area contributed by atoms with E-state index in [1.54, 1.807) is 18.5 Å². The Morgan fingerprint density at radius 1 is 1.17 bits per heavy atom. The van der Waals surface area contributed by atoms with Crippen molar-refractivity contribution in [3.63, 3.8) is 0 Å². The first-order valence-electron chi connectivity index (χ1n) is 7.35. The summed E-state index contributed by atoms with van der Waals surface area (Å²) in [6.45, 7) is 0. The molecule has 6 heteroatoms. The van der Waals surface area contributed by atoms with E-state index in [1.807, 2.05) is 30.3 Å². The number of hydrogen-bond donors (Lipinski definition) is 2. The lowest BCUT2D eigenvalue weighted by atomic mass is 10.0. The van der Waals surface area contributed by atoms with Crippen molar-refractivity contribution in [2.75, 3.05) is 5.32 Å². The molecule has 23 heavy (non-hydrogen) atoms. The van der Waals surface area contributed by atoms with Gasteiger partial charge >= 0.3 is 0 Å². The molecule has 0 unspecified atom stereocenters. The maximum absolute atomic E-state index is 12.0. The van der Waals surface area contributed by atoms with Gasteiger partial charge in [0.05, 0.1) is 12.1 Å². The van der Waals surface area contributed by atoms with Crippen molar-refractivity contribution in [2.45, 2.75) is 19.3 Å². The maximum Gasteiger partial charge on any atom is 0.240 e. The molecule has 116 valence electrons. The first kappa shape index (κ1) is 14.9. The average Bonchev–Trinajstić information content (AvgIpc) is 2.57. The number of aromatic nitrogens is 1. The standard InChI is InChI=1S/C17H16N4O2/c22-16-8-7-15(20-21-16)13-3-5-14(6-4-13)19-17(23)10-12-2-1-9-18-11-12/h1-6,9,11H,7-8,10H2,(H,19,23)(H,21,22). The molecule has 2 N–H and O–H groups in total. The molecular formula is C17H16N4O2. The van der Waals surface area contributed by atoms with E-state index in [0.29, 0.717) is 12.8 Å². The Morgan fingerprint density at radius 2 is 2.00 bits per heavy atom. The van der Waals surface area contributed by atoms with Crippen LogP contribution >= 0.6 is 0 Å². The third-order valence-electron chi connectivity index (χ3n) is 3.49. The number of nitrogens with one attached hydrogen (secondary N) is 2. The second-order valence-corrected chi connectivity index (χ2v) is 5.26. The highest BCUT2D eigenvalue weighted by Crippen LogP contribution is 2.14. The zero-order valence-corrected chi connectivity index (χ0v) is 12.5. The zero-order valence-electron chi connectivity index (χ0n) is 12.5. The molecule has 0 spiro atoms. The number of benzene rings is 1. The summed E-state index contributed by atoms with van der Waals surface area (Å²) in [6, 6.07) is 11.1. The van der Waals surface area contributed by atoms with Crippen molar-refractivity contribution in [1.29, 1.82) is 0 Å². The monoisotopic (exact) mass is 308 g/mol. The van der Waals surface area contributed by atoms with Gasteiger partial charge in [-0.05, 0) is 29.3 Å². The average molecular weight is 308 g/mol. The highest BCUT2D eigenvalue weighted by atomic mass is 16.2. The summed E-state index contributed by atoms with van der Waals surface area (Å²) in [5, 5.41) is 6.90. The normalized spacial score (nSPS) is 13.9. The largest absolute Gasteiger partial charge is 0.326 e. The van der Waals surface area contributed by atoms with Crippen molar-refractivity contribution in [2.24, 2.45) is 5.10 Å². The summed E-state index contributed by atoms with van der Waals surface area (Å²) in [7, 11) is 0. The van der Waals surface area contributed by atoms with Crippen molar-refractivity contribution >= 4 is 23.2 Å². The fourth-order valence-corrected chi connectivity index (χ4v) is 2.32. The van der Waals surface area contributed by atoms with Gasteiger partial charge in [-0.1, -0.05) is 18.2 Å². The first-order chi connectivity index (χ1) is 11.2. The van der Waals surface area contributed by atoms with E-state index in [1.165, 1.54) is 0 Å². The van der Waals surface area contributed by atoms with E-state index in [0.717, 1.165) is 22.5 Å². The van der Waals surface area contributed by atoms with Gasteiger partial charge in [0.2, 0.25) is 11.8 Å². The molecule has 2 heterocycles. The molecule has 1 aromatic heterocycles. The summed E-state index contributed by atoms with van der Waals surface area (Å²) in [5.74, 6) is -0.152. The van der Waals surface area contributed by atoms with Crippen LogP contribution in [0.15, 0.2) is 53.9 Å². The number of amides is 2. The molecule has 0 fully saturated rings. The minimum atomic E-state index is -0.0898. The predicted molar refractivity (Wildman–Crippen MR) is 86.9 cm³/mol. The van der Waals surface area contributed by atoms with Gasteiger partial charge < -0.3 is 5.32 Å². The van der Waals surface area contributed by atoms with Gasteiger partial charge in [0.25, 0.3) is 0 Å². The molecule has 0 saturated carbocycles. The lowest BCUT2D eigenvalue weighted by Gasteiger charge is -2.12. The molecule has 0 radical (unpaired) electrons. The molecule has 0 saturated heterocycles. The van der Waals surface area contributed by atoms with Gasteiger partial charge in [-0.2, -0.15) is 5.10 Å². The Bertz CT molecular complexity index is 739. The quantitative estimate of drug-likeness (QED) is 0.904. The molecule has 2 aromatic rings. The number of hydrazone groups is 1. The van der Waals surface area contributed by atoms with Crippen LogP contribution in [0, 0.1) is 0 Å². The van der Waals surface area contributed by atoms with Gasteiger partial charge in [0.15, 0.2) is 0 Å². The van der Waals surface area contributed by atoms with Crippen LogP contribution in [-0.4, -0.2) is 22.5 Å². The summed E-state index contributed by atoms with van der Waals surface area (Å²) >= 11 is 0. The summed E-state index contributed by atoms with van der Waals surface area (Å²) < 4.78 is 0. The molecule has 0 atom stereocenters. The first-order valence-corrected chi connectivity index (χ1v) is 7.35. The van der Waals surface area contributed by atoms with Gasteiger partial charge in [0.1, 0.15) is 0 Å². The van der Waals surface area contributed by atoms with Crippen LogP contribution in [0.4, 0.5) is 5.69 Å². The molecule has 0 bridgehead atoms. The fourth-order valence-electron chi connectivity index (χ4n) is 2.32. The Kier molecular flexibility index (Phi) is 4.42. The molecule has 1 aromatic carbocycles. The Labute approximate surface area is 133 Å². The number of pyridine rings is 1. The molecule has 1 aliphatic rings. The molecular weight excluding hydrogens is 292 g/mol.